The largest absolute Gasteiger partial charge is 0.497 e. The summed E-state index contributed by atoms with van der Waals surface area (Å²) in [7, 11) is 1.66. The fraction of sp³-hybridized carbons (Fsp3) is 0.679. The van der Waals surface area contributed by atoms with Crippen LogP contribution in [-0.2, 0) is 6.54 Å². The van der Waals surface area contributed by atoms with Crippen LogP contribution in [0.5, 0.6) is 17.2 Å². The summed E-state index contributed by atoms with van der Waals surface area (Å²) in [6.45, 7) is 8.34. The van der Waals surface area contributed by atoms with E-state index in [0.717, 1.165) is 55.2 Å². The Bertz CT molecular complexity index is 874. The van der Waals surface area contributed by atoms with Gasteiger partial charge in [0.15, 0.2) is 5.75 Å². The van der Waals surface area contributed by atoms with Crippen LogP contribution in [0, 0.1) is 0 Å². The van der Waals surface area contributed by atoms with Gasteiger partial charge in [0.25, 0.3) is 5.56 Å². The zero-order valence-electron chi connectivity index (χ0n) is 21.4. The molecule has 0 aliphatic rings. The van der Waals surface area contributed by atoms with Crippen LogP contribution in [0.3, 0.4) is 0 Å². The maximum absolute atomic E-state index is 13.6. The lowest BCUT2D eigenvalue weighted by Crippen LogP contribution is -2.24. The van der Waals surface area contributed by atoms with E-state index in [0.29, 0.717) is 31.3 Å². The summed E-state index contributed by atoms with van der Waals surface area (Å²) in [6.07, 6.45) is 13.5. The Morgan fingerprint density at radius 3 is 2.03 bits per heavy atom. The highest BCUT2D eigenvalue weighted by Gasteiger charge is 2.20. The summed E-state index contributed by atoms with van der Waals surface area (Å²) in [4.78, 5) is 13.6. The molecule has 0 saturated carbocycles. The van der Waals surface area contributed by atoms with E-state index in [1.807, 2.05) is 22.8 Å². The van der Waals surface area contributed by atoms with Crippen molar-refractivity contribution in [2.24, 2.45) is 0 Å². The Labute approximate surface area is 200 Å². The van der Waals surface area contributed by atoms with Gasteiger partial charge in [-0.25, -0.2) is 0 Å². The molecule has 1 aromatic heterocycles. The highest BCUT2D eigenvalue weighted by atomic mass is 16.5. The van der Waals surface area contributed by atoms with E-state index in [4.69, 9.17) is 14.2 Å². The summed E-state index contributed by atoms with van der Waals surface area (Å²) in [5, 5.41) is 0.920. The third-order valence-electron chi connectivity index (χ3n) is 6.11. The Kier molecular flexibility index (Phi) is 12.8. The topological polar surface area (TPSA) is 49.7 Å². The van der Waals surface area contributed by atoms with Gasteiger partial charge in [-0.1, -0.05) is 78.6 Å². The lowest BCUT2D eigenvalue weighted by atomic mass is 10.1. The minimum absolute atomic E-state index is 0.0935. The summed E-state index contributed by atoms with van der Waals surface area (Å²) < 4.78 is 19.6. The molecular weight excluding hydrogens is 414 g/mol. The molecule has 1 heterocycles. The first-order chi connectivity index (χ1) is 16.2. The number of aromatic nitrogens is 1. The molecular formula is C28H45NO4. The first-order valence-corrected chi connectivity index (χ1v) is 13.2. The van der Waals surface area contributed by atoms with Crippen molar-refractivity contribution in [1.29, 1.82) is 0 Å². The minimum Gasteiger partial charge on any atom is -0.497 e. The van der Waals surface area contributed by atoms with Crippen LogP contribution >= 0.6 is 0 Å². The molecule has 0 saturated heterocycles. The van der Waals surface area contributed by atoms with Crippen molar-refractivity contribution in [3.8, 4) is 17.2 Å². The third-order valence-corrected chi connectivity index (χ3v) is 6.11. The number of fused-ring (bicyclic) bond motifs is 1. The lowest BCUT2D eigenvalue weighted by Gasteiger charge is -2.19. The number of unbranched alkanes of at least 4 members (excludes halogenated alkanes) is 9. The molecule has 0 bridgehead atoms. The number of nitrogens with zero attached hydrogens (tertiary/aromatic N) is 1. The van der Waals surface area contributed by atoms with Gasteiger partial charge in [0.1, 0.15) is 5.75 Å². The molecule has 0 aliphatic carbocycles. The number of pyridine rings is 1. The predicted molar refractivity (Wildman–Crippen MR) is 138 cm³/mol. The monoisotopic (exact) mass is 459 g/mol. The van der Waals surface area contributed by atoms with Crippen LogP contribution in [0.2, 0.25) is 0 Å². The summed E-state index contributed by atoms with van der Waals surface area (Å²) >= 11 is 0. The maximum atomic E-state index is 13.6. The lowest BCUT2D eigenvalue weighted by molar-refractivity contribution is 0.258. The van der Waals surface area contributed by atoms with E-state index in [1.165, 1.54) is 38.5 Å². The number of ether oxygens (including phenoxy) is 3. The molecule has 2 aromatic rings. The van der Waals surface area contributed by atoms with E-state index < -0.39 is 0 Å². The fourth-order valence-electron chi connectivity index (χ4n) is 4.07. The number of benzene rings is 1. The highest BCUT2D eigenvalue weighted by Crippen LogP contribution is 2.35. The molecule has 0 radical (unpaired) electrons. The average Bonchev–Trinajstić information content (AvgIpc) is 2.83. The number of rotatable bonds is 18. The van der Waals surface area contributed by atoms with E-state index >= 15 is 0 Å². The van der Waals surface area contributed by atoms with Crippen LogP contribution in [0.4, 0.5) is 0 Å². The second kappa shape index (κ2) is 15.6. The quantitative estimate of drug-likeness (QED) is 0.216. The van der Waals surface area contributed by atoms with Gasteiger partial charge >= 0.3 is 0 Å². The van der Waals surface area contributed by atoms with E-state index in [2.05, 4.69) is 20.8 Å². The van der Waals surface area contributed by atoms with Gasteiger partial charge in [-0.2, -0.15) is 0 Å². The number of hydrogen-bond acceptors (Lipinski definition) is 4. The maximum Gasteiger partial charge on any atom is 0.297 e. The summed E-state index contributed by atoms with van der Waals surface area (Å²) in [6, 6.07) is 5.88. The SMILES string of the molecule is CCCCCCCCn1c(=O)c(OCCCC)c(OCCCCCC)c2ccc(OC)cc21. The molecule has 0 atom stereocenters. The predicted octanol–water partition coefficient (Wildman–Crippen LogP) is 7.51. The third kappa shape index (κ3) is 8.28. The molecule has 1 aromatic carbocycles. The first kappa shape index (κ1) is 27.1. The second-order valence-electron chi connectivity index (χ2n) is 8.88. The molecule has 0 amide bonds. The van der Waals surface area contributed by atoms with Gasteiger partial charge in [0.2, 0.25) is 5.75 Å². The van der Waals surface area contributed by atoms with Crippen molar-refractivity contribution in [1.82, 2.24) is 4.57 Å². The van der Waals surface area contributed by atoms with Gasteiger partial charge < -0.3 is 18.8 Å². The van der Waals surface area contributed by atoms with Crippen LogP contribution in [0.1, 0.15) is 97.8 Å². The van der Waals surface area contributed by atoms with Crippen LogP contribution in [0.15, 0.2) is 23.0 Å². The van der Waals surface area contributed by atoms with Crippen molar-refractivity contribution in [3.63, 3.8) is 0 Å². The highest BCUT2D eigenvalue weighted by molar-refractivity contribution is 5.89. The standard InChI is InChI=1S/C28H45NO4/c1-5-8-11-13-14-15-19-29-25-22-23(31-4)17-18-24(25)26(32-21-16-12-9-6-2)27(28(29)30)33-20-10-7-3/h17-18,22H,5-16,19-21H2,1-4H3. The Balaban J connectivity index is 2.39. The minimum atomic E-state index is -0.0935. The van der Waals surface area contributed by atoms with E-state index in [1.54, 1.807) is 7.11 Å². The van der Waals surface area contributed by atoms with Gasteiger partial charge in [-0.3, -0.25) is 4.79 Å². The van der Waals surface area contributed by atoms with Gasteiger partial charge in [0.05, 0.1) is 25.8 Å². The van der Waals surface area contributed by atoms with E-state index in [9.17, 15) is 4.79 Å². The Morgan fingerprint density at radius 1 is 0.727 bits per heavy atom. The molecule has 5 nitrogen and oxygen atoms in total. The summed E-state index contributed by atoms with van der Waals surface area (Å²) in [5.41, 5.74) is 0.767. The zero-order valence-corrected chi connectivity index (χ0v) is 21.4. The molecule has 0 fully saturated rings. The molecule has 5 heteroatoms. The molecule has 0 N–H and O–H groups in total. The van der Waals surface area contributed by atoms with Crippen LogP contribution in [0.25, 0.3) is 10.9 Å². The van der Waals surface area contributed by atoms with Gasteiger partial charge in [-0.05, 0) is 31.4 Å². The van der Waals surface area contributed by atoms with E-state index in [-0.39, 0.29) is 5.56 Å². The second-order valence-corrected chi connectivity index (χ2v) is 8.88. The zero-order chi connectivity index (χ0) is 23.9. The Morgan fingerprint density at radius 2 is 1.33 bits per heavy atom. The fourth-order valence-corrected chi connectivity index (χ4v) is 4.07. The van der Waals surface area contributed by atoms with Crippen LogP contribution < -0.4 is 19.8 Å². The van der Waals surface area contributed by atoms with Crippen LogP contribution in [-0.4, -0.2) is 24.9 Å². The molecule has 0 spiro atoms. The van der Waals surface area contributed by atoms with Gasteiger partial charge in [0, 0.05) is 18.0 Å². The number of methoxy groups -OCH3 is 1. The molecule has 186 valence electrons. The first-order valence-electron chi connectivity index (χ1n) is 13.2. The average molecular weight is 460 g/mol. The van der Waals surface area contributed by atoms with Crippen molar-refractivity contribution < 1.29 is 14.2 Å². The number of aryl methyl sites for hydroxylation is 1. The molecule has 2 rings (SSSR count). The van der Waals surface area contributed by atoms with Crippen molar-refractivity contribution >= 4 is 10.9 Å². The van der Waals surface area contributed by atoms with Gasteiger partial charge in [-0.15, -0.1) is 0 Å². The summed E-state index contributed by atoms with van der Waals surface area (Å²) in [5.74, 6) is 1.69. The molecule has 0 aliphatic heterocycles. The smallest absolute Gasteiger partial charge is 0.297 e. The van der Waals surface area contributed by atoms with Crippen molar-refractivity contribution in [2.45, 2.75) is 104 Å². The number of hydrogen-bond donors (Lipinski definition) is 0. The van der Waals surface area contributed by atoms with Crippen molar-refractivity contribution in [2.75, 3.05) is 20.3 Å². The van der Waals surface area contributed by atoms with Crippen molar-refractivity contribution in [3.05, 3.63) is 28.6 Å². The molecule has 0 unspecified atom stereocenters. The normalized spacial score (nSPS) is 11.2. The molecule has 33 heavy (non-hydrogen) atoms. The Hall–Kier alpha value is -2.17.